The van der Waals surface area contributed by atoms with Crippen LogP contribution in [0.2, 0.25) is 0 Å². The maximum atomic E-state index is 11.7. The predicted octanol–water partition coefficient (Wildman–Crippen LogP) is 2.22. The van der Waals surface area contributed by atoms with Crippen molar-refractivity contribution >= 4 is 36.0 Å². The number of halogens is 1. The lowest BCUT2D eigenvalue weighted by Gasteiger charge is -2.32. The number of hydrogen-bond donors (Lipinski definition) is 2. The minimum absolute atomic E-state index is 0. The third-order valence-corrected chi connectivity index (χ3v) is 4.10. The lowest BCUT2D eigenvalue weighted by atomic mass is 10.1. The van der Waals surface area contributed by atoms with Crippen LogP contribution in [0.25, 0.3) is 0 Å². The molecule has 160 valence electrons. The number of nitrogens with one attached hydrogen (secondary N) is 2. The summed E-state index contributed by atoms with van der Waals surface area (Å²) < 4.78 is 15.4. The van der Waals surface area contributed by atoms with Crippen LogP contribution < -0.4 is 10.6 Å². The number of guanidine groups is 1. The Morgan fingerprint density at radius 2 is 1.89 bits per heavy atom. The molecule has 0 aromatic carbocycles. The average molecular weight is 500 g/mol. The van der Waals surface area contributed by atoms with Crippen LogP contribution in [0.5, 0.6) is 0 Å². The summed E-state index contributed by atoms with van der Waals surface area (Å²) in [7, 11) is 1.67. The molecule has 0 unspecified atom stereocenters. The molecule has 0 radical (unpaired) electrons. The number of aliphatic imine (C=N–C) groups is 1. The van der Waals surface area contributed by atoms with Crippen molar-refractivity contribution in [2.75, 3.05) is 59.7 Å². The van der Waals surface area contributed by atoms with Gasteiger partial charge in [0.05, 0.1) is 19.8 Å². The number of likely N-dealkylation sites (tertiary alicyclic amines) is 1. The van der Waals surface area contributed by atoms with Gasteiger partial charge in [-0.05, 0) is 39.5 Å². The summed E-state index contributed by atoms with van der Waals surface area (Å²) in [4.78, 5) is 18.2. The van der Waals surface area contributed by atoms with Gasteiger partial charge in [0, 0.05) is 45.9 Å². The summed E-state index contributed by atoms with van der Waals surface area (Å²) in [5.74, 6) is 0.849. The largest absolute Gasteiger partial charge is 0.450 e. The number of carbonyl (C=O) groups is 1. The second-order valence-corrected chi connectivity index (χ2v) is 6.18. The zero-order valence-electron chi connectivity index (χ0n) is 17.0. The van der Waals surface area contributed by atoms with E-state index in [-0.39, 0.29) is 30.1 Å². The summed E-state index contributed by atoms with van der Waals surface area (Å²) in [5, 5.41) is 6.77. The van der Waals surface area contributed by atoms with Gasteiger partial charge in [0.1, 0.15) is 0 Å². The van der Waals surface area contributed by atoms with Crippen molar-refractivity contribution in [1.29, 1.82) is 0 Å². The van der Waals surface area contributed by atoms with Crippen LogP contribution in [-0.4, -0.2) is 82.7 Å². The minimum Gasteiger partial charge on any atom is -0.450 e. The van der Waals surface area contributed by atoms with Crippen molar-refractivity contribution in [3.63, 3.8) is 0 Å². The molecular formula is C18H37IN4O4. The number of rotatable bonds is 11. The highest BCUT2D eigenvalue weighted by Crippen LogP contribution is 2.11. The first-order valence-corrected chi connectivity index (χ1v) is 9.74. The highest BCUT2D eigenvalue weighted by Gasteiger charge is 2.23. The fourth-order valence-electron chi connectivity index (χ4n) is 2.69. The van der Waals surface area contributed by atoms with Gasteiger partial charge < -0.3 is 29.7 Å². The van der Waals surface area contributed by atoms with Gasteiger partial charge in [-0.1, -0.05) is 0 Å². The maximum Gasteiger partial charge on any atom is 0.409 e. The van der Waals surface area contributed by atoms with Crippen molar-refractivity contribution in [1.82, 2.24) is 15.5 Å². The van der Waals surface area contributed by atoms with Crippen molar-refractivity contribution in [3.05, 3.63) is 0 Å². The molecule has 2 N–H and O–H groups in total. The fourth-order valence-corrected chi connectivity index (χ4v) is 2.69. The SMILES string of the molecule is CCNC(=NCCCCOCCOC)NC1CCN(C(=O)OCC)CC1.I. The number of carbonyl (C=O) groups excluding carboxylic acids is 1. The topological polar surface area (TPSA) is 84.4 Å². The summed E-state index contributed by atoms with van der Waals surface area (Å²) in [6.45, 7) is 9.37. The van der Waals surface area contributed by atoms with E-state index < -0.39 is 0 Å². The van der Waals surface area contributed by atoms with Crippen LogP contribution in [0.4, 0.5) is 4.79 Å². The van der Waals surface area contributed by atoms with E-state index in [0.29, 0.717) is 39.0 Å². The second-order valence-electron chi connectivity index (χ2n) is 6.18. The Kier molecular flexibility index (Phi) is 16.8. The molecule has 8 nitrogen and oxygen atoms in total. The second kappa shape index (κ2) is 17.3. The van der Waals surface area contributed by atoms with Crippen molar-refractivity contribution in [3.8, 4) is 0 Å². The molecule has 9 heteroatoms. The Morgan fingerprint density at radius 1 is 1.15 bits per heavy atom. The van der Waals surface area contributed by atoms with Crippen LogP contribution >= 0.6 is 24.0 Å². The molecule has 1 aliphatic rings. The van der Waals surface area contributed by atoms with Crippen LogP contribution in [0.1, 0.15) is 39.5 Å². The van der Waals surface area contributed by atoms with E-state index in [4.69, 9.17) is 14.2 Å². The van der Waals surface area contributed by atoms with E-state index in [1.54, 1.807) is 12.0 Å². The summed E-state index contributed by atoms with van der Waals surface area (Å²) in [6.07, 6.45) is 3.57. The number of hydrogen-bond acceptors (Lipinski definition) is 5. The molecule has 1 amide bonds. The van der Waals surface area contributed by atoms with Gasteiger partial charge >= 0.3 is 6.09 Å². The number of unbranched alkanes of at least 4 members (excludes halogenated alkanes) is 1. The Hall–Kier alpha value is -0.810. The van der Waals surface area contributed by atoms with Gasteiger partial charge in [0.2, 0.25) is 0 Å². The molecule has 1 fully saturated rings. The lowest BCUT2D eigenvalue weighted by Crippen LogP contribution is -2.49. The zero-order chi connectivity index (χ0) is 19.0. The number of nitrogens with zero attached hydrogens (tertiary/aromatic N) is 2. The predicted molar refractivity (Wildman–Crippen MR) is 118 cm³/mol. The van der Waals surface area contributed by atoms with Gasteiger partial charge in [-0.3, -0.25) is 4.99 Å². The number of methoxy groups -OCH3 is 1. The van der Waals surface area contributed by atoms with E-state index in [1.807, 2.05) is 6.92 Å². The molecule has 0 saturated carbocycles. The highest BCUT2D eigenvalue weighted by molar-refractivity contribution is 14.0. The van der Waals surface area contributed by atoms with Crippen LogP contribution in [-0.2, 0) is 14.2 Å². The number of amides is 1. The fraction of sp³-hybridized carbons (Fsp3) is 0.889. The molecule has 1 heterocycles. The molecule has 0 spiro atoms. The summed E-state index contributed by atoms with van der Waals surface area (Å²) in [5.41, 5.74) is 0. The van der Waals surface area contributed by atoms with Crippen molar-refractivity contribution in [2.24, 2.45) is 4.99 Å². The summed E-state index contributed by atoms with van der Waals surface area (Å²) in [6, 6.07) is 0.329. The first-order valence-electron chi connectivity index (χ1n) is 9.74. The van der Waals surface area contributed by atoms with Gasteiger partial charge in [-0.15, -0.1) is 24.0 Å². The molecule has 0 aliphatic carbocycles. The van der Waals surface area contributed by atoms with Gasteiger partial charge in [0.25, 0.3) is 0 Å². The van der Waals surface area contributed by atoms with E-state index in [2.05, 4.69) is 22.5 Å². The number of piperidine rings is 1. The zero-order valence-corrected chi connectivity index (χ0v) is 19.3. The van der Waals surface area contributed by atoms with Crippen molar-refractivity contribution in [2.45, 2.75) is 45.6 Å². The molecule has 0 atom stereocenters. The quantitative estimate of drug-likeness (QED) is 0.196. The molecular weight excluding hydrogens is 463 g/mol. The van der Waals surface area contributed by atoms with Crippen LogP contribution in [0, 0.1) is 0 Å². The molecule has 1 rings (SSSR count). The first-order chi connectivity index (χ1) is 12.7. The van der Waals surface area contributed by atoms with Gasteiger partial charge in [0.15, 0.2) is 5.96 Å². The third-order valence-electron chi connectivity index (χ3n) is 4.10. The molecule has 0 aromatic rings. The van der Waals surface area contributed by atoms with E-state index in [9.17, 15) is 4.79 Å². The third kappa shape index (κ3) is 12.3. The molecule has 1 saturated heterocycles. The average Bonchev–Trinajstić information content (AvgIpc) is 2.65. The molecule has 1 aliphatic heterocycles. The maximum absolute atomic E-state index is 11.7. The van der Waals surface area contributed by atoms with Crippen LogP contribution in [0.3, 0.4) is 0 Å². The number of ether oxygens (including phenoxy) is 3. The van der Waals surface area contributed by atoms with Crippen LogP contribution in [0.15, 0.2) is 4.99 Å². The minimum atomic E-state index is -0.209. The van der Waals surface area contributed by atoms with Gasteiger partial charge in [-0.25, -0.2) is 4.79 Å². The molecule has 0 bridgehead atoms. The standard InChI is InChI=1S/C18H36N4O4.HI/c1-4-19-17(20-10-6-7-13-25-15-14-24-3)21-16-8-11-22(12-9-16)18(23)26-5-2;/h16H,4-15H2,1-3H3,(H2,19,20,21);1H. The Bertz CT molecular complexity index is 405. The van der Waals surface area contributed by atoms with E-state index in [0.717, 1.165) is 51.3 Å². The summed E-state index contributed by atoms with van der Waals surface area (Å²) >= 11 is 0. The van der Waals surface area contributed by atoms with E-state index in [1.165, 1.54) is 0 Å². The van der Waals surface area contributed by atoms with E-state index >= 15 is 0 Å². The smallest absolute Gasteiger partial charge is 0.409 e. The Morgan fingerprint density at radius 3 is 2.52 bits per heavy atom. The first kappa shape index (κ1) is 26.2. The molecule has 27 heavy (non-hydrogen) atoms. The highest BCUT2D eigenvalue weighted by atomic mass is 127. The lowest BCUT2D eigenvalue weighted by molar-refractivity contribution is 0.0690. The Labute approximate surface area is 180 Å². The Balaban J connectivity index is 0.00000676. The van der Waals surface area contributed by atoms with Gasteiger partial charge in [-0.2, -0.15) is 0 Å². The van der Waals surface area contributed by atoms with Crippen molar-refractivity contribution < 1.29 is 19.0 Å². The molecule has 0 aromatic heterocycles. The monoisotopic (exact) mass is 500 g/mol. The normalized spacial score (nSPS) is 15.2.